The van der Waals surface area contributed by atoms with Gasteiger partial charge < -0.3 is 15.4 Å². The van der Waals surface area contributed by atoms with E-state index in [4.69, 9.17) is 4.74 Å². The maximum Gasteiger partial charge on any atom is 0.251 e. The molecule has 0 unspecified atom stereocenters. The highest BCUT2D eigenvalue weighted by Crippen LogP contribution is 2.25. The SMILES string of the molecule is CNCCNC(=O)c1ccc2c(c1)CCCO2. The minimum atomic E-state index is -0.0198. The molecule has 0 aliphatic carbocycles. The van der Waals surface area contributed by atoms with Crippen LogP contribution in [0.4, 0.5) is 0 Å². The summed E-state index contributed by atoms with van der Waals surface area (Å²) >= 11 is 0. The van der Waals surface area contributed by atoms with Crippen LogP contribution in [0.15, 0.2) is 18.2 Å². The molecule has 4 nitrogen and oxygen atoms in total. The summed E-state index contributed by atoms with van der Waals surface area (Å²) in [5, 5.41) is 5.85. The molecule has 92 valence electrons. The lowest BCUT2D eigenvalue weighted by Crippen LogP contribution is -2.30. The molecule has 0 aromatic heterocycles. The van der Waals surface area contributed by atoms with Gasteiger partial charge >= 0.3 is 0 Å². The van der Waals surface area contributed by atoms with Gasteiger partial charge in [0.1, 0.15) is 5.75 Å². The van der Waals surface area contributed by atoms with E-state index in [0.717, 1.165) is 37.3 Å². The summed E-state index contributed by atoms with van der Waals surface area (Å²) in [6.45, 7) is 2.20. The van der Waals surface area contributed by atoms with Crippen LogP contribution in [-0.4, -0.2) is 32.7 Å². The molecule has 1 aliphatic rings. The quantitative estimate of drug-likeness (QED) is 0.763. The Morgan fingerprint density at radius 3 is 3.12 bits per heavy atom. The van der Waals surface area contributed by atoms with Crippen LogP contribution >= 0.6 is 0 Å². The van der Waals surface area contributed by atoms with Gasteiger partial charge in [-0.3, -0.25) is 4.79 Å². The van der Waals surface area contributed by atoms with E-state index in [0.29, 0.717) is 12.1 Å². The predicted molar refractivity (Wildman–Crippen MR) is 66.5 cm³/mol. The summed E-state index contributed by atoms with van der Waals surface area (Å²) in [5.74, 6) is 0.900. The Morgan fingerprint density at radius 1 is 1.41 bits per heavy atom. The molecule has 1 aliphatic heterocycles. The second-order valence-corrected chi connectivity index (χ2v) is 4.13. The number of hydrogen-bond donors (Lipinski definition) is 2. The molecule has 1 aromatic rings. The van der Waals surface area contributed by atoms with Gasteiger partial charge in [-0.2, -0.15) is 0 Å². The van der Waals surface area contributed by atoms with E-state index in [1.165, 1.54) is 0 Å². The number of fused-ring (bicyclic) bond motifs is 1. The molecule has 17 heavy (non-hydrogen) atoms. The smallest absolute Gasteiger partial charge is 0.251 e. The van der Waals surface area contributed by atoms with Crippen LogP contribution in [0.25, 0.3) is 0 Å². The molecule has 1 heterocycles. The van der Waals surface area contributed by atoms with Gasteiger partial charge in [0.2, 0.25) is 0 Å². The lowest BCUT2D eigenvalue weighted by molar-refractivity contribution is 0.0954. The summed E-state index contributed by atoms with van der Waals surface area (Å²) in [6.07, 6.45) is 2.02. The van der Waals surface area contributed by atoms with Crippen LogP contribution in [0.2, 0.25) is 0 Å². The molecule has 4 heteroatoms. The molecule has 0 bridgehead atoms. The number of amides is 1. The predicted octanol–water partition coefficient (Wildman–Crippen LogP) is 0.961. The van der Waals surface area contributed by atoms with Crippen LogP contribution in [0.5, 0.6) is 5.75 Å². The number of aryl methyl sites for hydroxylation is 1. The van der Waals surface area contributed by atoms with Crippen molar-refractivity contribution in [2.45, 2.75) is 12.8 Å². The van der Waals surface area contributed by atoms with Gasteiger partial charge in [0.15, 0.2) is 0 Å². The van der Waals surface area contributed by atoms with E-state index in [-0.39, 0.29) is 5.91 Å². The Labute approximate surface area is 101 Å². The van der Waals surface area contributed by atoms with Crippen LogP contribution in [-0.2, 0) is 6.42 Å². The van der Waals surface area contributed by atoms with Crippen molar-refractivity contribution in [1.29, 1.82) is 0 Å². The highest BCUT2D eigenvalue weighted by atomic mass is 16.5. The van der Waals surface area contributed by atoms with E-state index in [1.54, 1.807) is 0 Å². The number of likely N-dealkylation sites (N-methyl/N-ethyl adjacent to an activating group) is 1. The molecular formula is C13H18N2O2. The number of benzene rings is 1. The molecule has 0 radical (unpaired) electrons. The van der Waals surface area contributed by atoms with Crippen LogP contribution in [0, 0.1) is 0 Å². The number of hydrogen-bond acceptors (Lipinski definition) is 3. The maximum atomic E-state index is 11.8. The fraction of sp³-hybridized carbons (Fsp3) is 0.462. The average Bonchev–Trinajstić information content (AvgIpc) is 2.38. The average molecular weight is 234 g/mol. The normalized spacial score (nSPS) is 13.7. The number of nitrogens with one attached hydrogen (secondary N) is 2. The monoisotopic (exact) mass is 234 g/mol. The molecule has 0 saturated heterocycles. The molecule has 2 N–H and O–H groups in total. The second kappa shape index (κ2) is 5.68. The third kappa shape index (κ3) is 2.97. The third-order valence-corrected chi connectivity index (χ3v) is 2.83. The Kier molecular flexibility index (Phi) is 3.98. The minimum Gasteiger partial charge on any atom is -0.493 e. The van der Waals surface area contributed by atoms with Gasteiger partial charge in [-0.25, -0.2) is 0 Å². The summed E-state index contributed by atoms with van der Waals surface area (Å²) in [6, 6.07) is 5.64. The molecule has 1 aromatic carbocycles. The molecule has 0 saturated carbocycles. The van der Waals surface area contributed by atoms with Crippen LogP contribution in [0.3, 0.4) is 0 Å². The molecule has 1 amide bonds. The van der Waals surface area contributed by atoms with Gasteiger partial charge in [-0.05, 0) is 43.7 Å². The standard InChI is InChI=1S/C13H18N2O2/c1-14-6-7-15-13(16)11-4-5-12-10(9-11)3-2-8-17-12/h4-5,9,14H,2-3,6-8H2,1H3,(H,15,16). The minimum absolute atomic E-state index is 0.0198. The second-order valence-electron chi connectivity index (χ2n) is 4.13. The van der Waals surface area contributed by atoms with Gasteiger partial charge in [-0.15, -0.1) is 0 Å². The summed E-state index contributed by atoms with van der Waals surface area (Å²) in [5.41, 5.74) is 1.85. The highest BCUT2D eigenvalue weighted by molar-refractivity contribution is 5.94. The Bertz CT molecular complexity index is 404. The lowest BCUT2D eigenvalue weighted by atomic mass is 10.0. The van der Waals surface area contributed by atoms with Gasteiger partial charge in [-0.1, -0.05) is 0 Å². The van der Waals surface area contributed by atoms with Crippen molar-refractivity contribution in [3.05, 3.63) is 29.3 Å². The number of ether oxygens (including phenoxy) is 1. The Morgan fingerprint density at radius 2 is 2.29 bits per heavy atom. The van der Waals surface area contributed by atoms with Crippen molar-refractivity contribution in [1.82, 2.24) is 10.6 Å². The third-order valence-electron chi connectivity index (χ3n) is 2.83. The van der Waals surface area contributed by atoms with Gasteiger partial charge in [0.25, 0.3) is 5.91 Å². The Hall–Kier alpha value is -1.55. The zero-order chi connectivity index (χ0) is 12.1. The van der Waals surface area contributed by atoms with Crippen molar-refractivity contribution in [2.24, 2.45) is 0 Å². The van der Waals surface area contributed by atoms with Gasteiger partial charge in [0, 0.05) is 18.7 Å². The topological polar surface area (TPSA) is 50.4 Å². The molecular weight excluding hydrogens is 216 g/mol. The first-order chi connectivity index (χ1) is 8.31. The summed E-state index contributed by atoms with van der Waals surface area (Å²) < 4.78 is 5.52. The van der Waals surface area contributed by atoms with Crippen molar-refractivity contribution in [2.75, 3.05) is 26.7 Å². The van der Waals surface area contributed by atoms with E-state index in [9.17, 15) is 4.79 Å². The first-order valence-electron chi connectivity index (χ1n) is 6.00. The number of rotatable bonds is 4. The molecule has 0 spiro atoms. The maximum absolute atomic E-state index is 11.8. The fourth-order valence-electron chi connectivity index (χ4n) is 1.90. The first kappa shape index (κ1) is 11.9. The highest BCUT2D eigenvalue weighted by Gasteiger charge is 2.13. The Balaban J connectivity index is 2.03. The van der Waals surface area contributed by atoms with E-state index in [2.05, 4.69) is 10.6 Å². The van der Waals surface area contributed by atoms with Crippen molar-refractivity contribution >= 4 is 5.91 Å². The first-order valence-corrected chi connectivity index (χ1v) is 6.00. The van der Waals surface area contributed by atoms with Gasteiger partial charge in [0.05, 0.1) is 6.61 Å². The van der Waals surface area contributed by atoms with E-state index < -0.39 is 0 Å². The largest absolute Gasteiger partial charge is 0.493 e. The zero-order valence-electron chi connectivity index (χ0n) is 10.1. The molecule has 2 rings (SSSR count). The molecule has 0 atom stereocenters. The number of carbonyl (C=O) groups excluding carboxylic acids is 1. The molecule has 0 fully saturated rings. The van der Waals surface area contributed by atoms with Crippen molar-refractivity contribution in [3.63, 3.8) is 0 Å². The van der Waals surface area contributed by atoms with E-state index >= 15 is 0 Å². The summed E-state index contributed by atoms with van der Waals surface area (Å²) in [4.78, 5) is 11.8. The fourth-order valence-corrected chi connectivity index (χ4v) is 1.90. The summed E-state index contributed by atoms with van der Waals surface area (Å²) in [7, 11) is 1.86. The van der Waals surface area contributed by atoms with E-state index in [1.807, 2.05) is 25.2 Å². The number of carbonyl (C=O) groups is 1. The van der Waals surface area contributed by atoms with Crippen molar-refractivity contribution in [3.8, 4) is 5.75 Å². The zero-order valence-corrected chi connectivity index (χ0v) is 10.1. The van der Waals surface area contributed by atoms with Crippen LogP contribution in [0.1, 0.15) is 22.3 Å². The van der Waals surface area contributed by atoms with Crippen molar-refractivity contribution < 1.29 is 9.53 Å². The van der Waals surface area contributed by atoms with Crippen LogP contribution < -0.4 is 15.4 Å². The lowest BCUT2D eigenvalue weighted by Gasteiger charge is -2.17.